The molecule has 192 valence electrons. The van der Waals surface area contributed by atoms with E-state index in [1.165, 1.54) is 4.90 Å². The molecule has 0 atom stereocenters. The van der Waals surface area contributed by atoms with Crippen LogP contribution < -0.4 is 0 Å². The lowest BCUT2D eigenvalue weighted by Crippen LogP contribution is -2.43. The van der Waals surface area contributed by atoms with Gasteiger partial charge in [0.15, 0.2) is 0 Å². The summed E-state index contributed by atoms with van der Waals surface area (Å²) in [5.41, 5.74) is 0.988. The summed E-state index contributed by atoms with van der Waals surface area (Å²) < 4.78 is 10.1. The zero-order valence-corrected chi connectivity index (χ0v) is 20.0. The number of aromatic nitrogens is 1. The molecule has 2 rings (SSSR count). The van der Waals surface area contributed by atoms with Crippen molar-refractivity contribution in [1.29, 1.82) is 0 Å². The molecule has 0 aliphatic carbocycles. The van der Waals surface area contributed by atoms with Crippen molar-refractivity contribution < 1.29 is 38.9 Å². The van der Waals surface area contributed by atoms with Crippen LogP contribution in [0.1, 0.15) is 25.2 Å². The standard InChI is InChI=1S/C23H32N4O8/c1-3-34-21(30)15-25-8-10-27(19(23(32)33)12-20(28)29)11-9-26(16-22(31)35-4-2)14-18-7-5-6-17(13-25)24-18/h5-7,12H,3-4,8-11,13-16H2,1-2H3,(H,28,29)(H,32,33)/b19-12-. The molecule has 0 radical (unpaired) electrons. The van der Waals surface area contributed by atoms with Gasteiger partial charge in [0.1, 0.15) is 5.70 Å². The Morgan fingerprint density at radius 1 is 0.886 bits per heavy atom. The Bertz CT molecular complexity index is 887. The first kappa shape index (κ1) is 27.7. The third-order valence-electron chi connectivity index (χ3n) is 5.14. The summed E-state index contributed by atoms with van der Waals surface area (Å²) in [5.74, 6) is -3.63. The first-order valence-electron chi connectivity index (χ1n) is 11.3. The second kappa shape index (κ2) is 14.0. The van der Waals surface area contributed by atoms with Crippen molar-refractivity contribution in [2.75, 3.05) is 52.5 Å². The lowest BCUT2D eigenvalue weighted by molar-refractivity contribution is -0.145. The summed E-state index contributed by atoms with van der Waals surface area (Å²) in [6.07, 6.45) is 0.643. The maximum absolute atomic E-state index is 12.1. The summed E-state index contributed by atoms with van der Waals surface area (Å²) in [5, 5.41) is 18.9. The smallest absolute Gasteiger partial charge is 0.352 e. The van der Waals surface area contributed by atoms with Gasteiger partial charge in [-0.15, -0.1) is 0 Å². The molecule has 0 fully saturated rings. The molecule has 0 aromatic carbocycles. The van der Waals surface area contributed by atoms with E-state index < -0.39 is 29.6 Å². The van der Waals surface area contributed by atoms with Crippen molar-refractivity contribution >= 4 is 23.9 Å². The van der Waals surface area contributed by atoms with Crippen LogP contribution in [0.15, 0.2) is 30.0 Å². The molecule has 2 bridgehead atoms. The molecule has 1 aliphatic heterocycles. The highest BCUT2D eigenvalue weighted by atomic mass is 16.5. The maximum atomic E-state index is 12.1. The number of pyridine rings is 1. The number of hydrogen-bond donors (Lipinski definition) is 2. The number of aliphatic carboxylic acids is 2. The van der Waals surface area contributed by atoms with Crippen LogP contribution in [0.4, 0.5) is 0 Å². The maximum Gasteiger partial charge on any atom is 0.352 e. The van der Waals surface area contributed by atoms with Crippen molar-refractivity contribution in [3.63, 3.8) is 0 Å². The van der Waals surface area contributed by atoms with Crippen LogP contribution in [-0.4, -0.2) is 106 Å². The van der Waals surface area contributed by atoms with Crippen LogP contribution >= 0.6 is 0 Å². The van der Waals surface area contributed by atoms with Gasteiger partial charge in [-0.1, -0.05) is 6.07 Å². The molecular formula is C23H32N4O8. The third-order valence-corrected chi connectivity index (χ3v) is 5.14. The second-order valence-electron chi connectivity index (χ2n) is 7.81. The fraction of sp³-hybridized carbons (Fsp3) is 0.522. The fourth-order valence-electron chi connectivity index (χ4n) is 3.65. The number of ether oxygens (including phenoxy) is 2. The average molecular weight is 493 g/mol. The Balaban J connectivity index is 2.39. The quantitative estimate of drug-likeness (QED) is 0.357. The normalized spacial score (nSPS) is 16.1. The molecule has 0 amide bonds. The van der Waals surface area contributed by atoms with Gasteiger partial charge in [-0.25, -0.2) is 9.59 Å². The van der Waals surface area contributed by atoms with E-state index in [9.17, 15) is 29.4 Å². The summed E-state index contributed by atoms with van der Waals surface area (Å²) in [6.45, 7) is 5.13. The van der Waals surface area contributed by atoms with E-state index in [0.29, 0.717) is 30.6 Å². The van der Waals surface area contributed by atoms with Gasteiger partial charge in [-0.2, -0.15) is 0 Å². The molecule has 2 N–H and O–H groups in total. The van der Waals surface area contributed by atoms with Gasteiger partial charge in [0, 0.05) is 39.3 Å². The molecule has 1 aliphatic rings. The van der Waals surface area contributed by atoms with Crippen LogP contribution in [0.2, 0.25) is 0 Å². The number of esters is 2. The fourth-order valence-corrected chi connectivity index (χ4v) is 3.65. The van der Waals surface area contributed by atoms with Crippen LogP contribution in [0.25, 0.3) is 0 Å². The van der Waals surface area contributed by atoms with E-state index in [1.54, 1.807) is 23.6 Å². The third kappa shape index (κ3) is 9.71. The van der Waals surface area contributed by atoms with Gasteiger partial charge < -0.3 is 24.6 Å². The summed E-state index contributed by atoms with van der Waals surface area (Å²) in [6, 6.07) is 5.47. The zero-order valence-electron chi connectivity index (χ0n) is 20.0. The zero-order chi connectivity index (χ0) is 25.8. The van der Waals surface area contributed by atoms with Crippen molar-refractivity contribution in [3.8, 4) is 0 Å². The Labute approximate surface area is 203 Å². The highest BCUT2D eigenvalue weighted by Gasteiger charge is 2.23. The minimum atomic E-state index is -1.39. The average Bonchev–Trinajstić information content (AvgIpc) is 2.77. The SMILES string of the molecule is CCOC(=O)CN1CCN(/C(=C\C(=O)O)C(=O)O)CCN(CC(=O)OCC)Cc2cccc(n2)C1. The Kier molecular flexibility index (Phi) is 11.1. The first-order valence-corrected chi connectivity index (χ1v) is 11.3. The minimum absolute atomic E-state index is 0.0341. The topological polar surface area (TPSA) is 150 Å². The Morgan fingerprint density at radius 3 is 1.77 bits per heavy atom. The predicted molar refractivity (Wildman–Crippen MR) is 123 cm³/mol. The largest absolute Gasteiger partial charge is 0.478 e. The van der Waals surface area contributed by atoms with E-state index in [1.807, 2.05) is 18.2 Å². The van der Waals surface area contributed by atoms with E-state index >= 15 is 0 Å². The summed E-state index contributed by atoms with van der Waals surface area (Å²) >= 11 is 0. The van der Waals surface area contributed by atoms with Gasteiger partial charge in [-0.3, -0.25) is 24.4 Å². The molecule has 0 spiro atoms. The first-order chi connectivity index (χ1) is 16.7. The van der Waals surface area contributed by atoms with Crippen LogP contribution in [-0.2, 0) is 41.7 Å². The van der Waals surface area contributed by atoms with E-state index in [0.717, 1.165) is 0 Å². The van der Waals surface area contributed by atoms with Crippen molar-refractivity contribution in [1.82, 2.24) is 19.7 Å². The molecule has 0 saturated carbocycles. The molecule has 0 saturated heterocycles. The number of carbonyl (C=O) groups is 4. The number of carboxylic acid groups (broad SMARTS) is 2. The van der Waals surface area contributed by atoms with Gasteiger partial charge in [0.05, 0.1) is 43.8 Å². The lowest BCUT2D eigenvalue weighted by Gasteiger charge is -2.31. The van der Waals surface area contributed by atoms with Crippen molar-refractivity contribution in [3.05, 3.63) is 41.4 Å². The molecule has 35 heavy (non-hydrogen) atoms. The number of nitrogens with zero attached hydrogens (tertiary/aromatic N) is 4. The Morgan fingerprint density at radius 2 is 1.37 bits per heavy atom. The van der Waals surface area contributed by atoms with Crippen LogP contribution in [0, 0.1) is 0 Å². The van der Waals surface area contributed by atoms with Gasteiger partial charge in [0.2, 0.25) is 0 Å². The number of fused-ring (bicyclic) bond motifs is 2. The van der Waals surface area contributed by atoms with Crippen LogP contribution in [0.3, 0.4) is 0 Å². The molecule has 1 aromatic heterocycles. The van der Waals surface area contributed by atoms with Crippen molar-refractivity contribution in [2.24, 2.45) is 0 Å². The highest BCUT2D eigenvalue weighted by molar-refractivity contribution is 5.94. The monoisotopic (exact) mass is 492 g/mol. The van der Waals surface area contributed by atoms with Gasteiger partial charge in [0.25, 0.3) is 0 Å². The number of hydrogen-bond acceptors (Lipinski definition) is 10. The molecule has 0 unspecified atom stereocenters. The number of carboxylic acids is 2. The number of rotatable bonds is 9. The molecule has 12 nitrogen and oxygen atoms in total. The molecular weight excluding hydrogens is 460 g/mol. The van der Waals surface area contributed by atoms with E-state index in [4.69, 9.17) is 9.47 Å². The highest BCUT2D eigenvalue weighted by Crippen LogP contribution is 2.12. The van der Waals surface area contributed by atoms with Crippen LogP contribution in [0.5, 0.6) is 0 Å². The number of carbonyl (C=O) groups excluding carboxylic acids is 2. The lowest BCUT2D eigenvalue weighted by atomic mass is 10.2. The van der Waals surface area contributed by atoms with Gasteiger partial charge >= 0.3 is 23.9 Å². The van der Waals surface area contributed by atoms with E-state index in [-0.39, 0.29) is 52.5 Å². The molecule has 2 heterocycles. The summed E-state index contributed by atoms with van der Waals surface area (Å²) in [7, 11) is 0. The molecule has 1 aromatic rings. The predicted octanol–water partition coefficient (Wildman–Crippen LogP) is 0.181. The Hall–Kier alpha value is -3.51. The van der Waals surface area contributed by atoms with Gasteiger partial charge in [-0.05, 0) is 26.0 Å². The minimum Gasteiger partial charge on any atom is -0.478 e. The molecule has 12 heteroatoms. The second-order valence-corrected chi connectivity index (χ2v) is 7.81. The van der Waals surface area contributed by atoms with E-state index in [2.05, 4.69) is 4.98 Å². The summed E-state index contributed by atoms with van der Waals surface area (Å²) in [4.78, 5) is 57.1. The van der Waals surface area contributed by atoms with Crippen molar-refractivity contribution in [2.45, 2.75) is 26.9 Å².